The van der Waals surface area contributed by atoms with Gasteiger partial charge in [-0.1, -0.05) is 121 Å². The van der Waals surface area contributed by atoms with Gasteiger partial charge in [0, 0.05) is 59.7 Å². The number of allylic oxidation sites excluding steroid dienone is 12. The summed E-state index contributed by atoms with van der Waals surface area (Å²) in [5.74, 6) is -0.966. The Morgan fingerprint density at radius 2 is 0.969 bits per heavy atom. The highest BCUT2D eigenvalue weighted by atomic mass is 16.5. The smallest absolute Gasteiger partial charge is 0.193 e. The van der Waals surface area contributed by atoms with E-state index in [1.165, 1.54) is 0 Å². The molecule has 8 rings (SSSR count). The van der Waals surface area contributed by atoms with Crippen molar-refractivity contribution < 1.29 is 34.1 Å². The molecule has 64 heavy (non-hydrogen) atoms. The molecule has 4 N–H and O–H groups in total. The molecule has 4 aromatic carbocycles. The Balaban J connectivity index is 1.43. The predicted octanol–water partition coefficient (Wildman–Crippen LogP) is 9.14. The number of Topliss-reactive ketones (excluding diaryl/α,β-unsaturated/α-hetero) is 3. The topological polar surface area (TPSA) is 134 Å². The second-order valence-electron chi connectivity index (χ2n) is 16.4. The summed E-state index contributed by atoms with van der Waals surface area (Å²) >= 11 is 0. The van der Waals surface area contributed by atoms with Gasteiger partial charge in [-0.2, -0.15) is 0 Å². The third kappa shape index (κ3) is 8.28. The minimum Gasteiger partial charge on any atom is -0.497 e. The molecule has 9 nitrogen and oxygen atoms in total. The number of ketones is 3. The number of hydrogen-bond donors (Lipinski definition) is 4. The van der Waals surface area contributed by atoms with Crippen LogP contribution in [0.5, 0.6) is 11.5 Å². The number of aliphatic hydroxyl groups is 2. The Hall–Kier alpha value is -7.07. The zero-order valence-corrected chi connectivity index (χ0v) is 36.0. The first-order chi connectivity index (χ1) is 31.3. The monoisotopic (exact) mass is 852 g/mol. The van der Waals surface area contributed by atoms with Gasteiger partial charge in [0.15, 0.2) is 17.3 Å². The highest BCUT2D eigenvalue weighted by Gasteiger charge is 2.58. The fraction of sp³-hybridized carbons (Fsp3) is 0.218. The van der Waals surface area contributed by atoms with Crippen LogP contribution < -0.4 is 20.1 Å². The Bertz CT molecular complexity index is 2470. The molecular weight excluding hydrogens is 801 g/mol. The summed E-state index contributed by atoms with van der Waals surface area (Å²) in [6, 6.07) is 32.9. The van der Waals surface area contributed by atoms with Crippen molar-refractivity contribution in [2.75, 3.05) is 27.4 Å². The van der Waals surface area contributed by atoms with E-state index in [0.29, 0.717) is 57.8 Å². The number of dihydropyridines is 2. The van der Waals surface area contributed by atoms with Gasteiger partial charge in [0.05, 0.1) is 25.0 Å². The summed E-state index contributed by atoms with van der Waals surface area (Å²) in [5, 5.41) is 29.0. The Kier molecular flexibility index (Phi) is 13.0. The van der Waals surface area contributed by atoms with Crippen LogP contribution in [0, 0.1) is 22.7 Å². The lowest BCUT2D eigenvalue weighted by atomic mass is 9.51. The van der Waals surface area contributed by atoms with Gasteiger partial charge < -0.3 is 30.3 Å². The van der Waals surface area contributed by atoms with Crippen molar-refractivity contribution in [3.63, 3.8) is 0 Å². The van der Waals surface area contributed by atoms with Gasteiger partial charge in [-0.15, -0.1) is 0 Å². The molecule has 9 heteroatoms. The van der Waals surface area contributed by atoms with E-state index in [2.05, 4.69) is 10.6 Å². The van der Waals surface area contributed by atoms with Gasteiger partial charge in [-0.05, 0) is 95.8 Å². The average molecular weight is 853 g/mol. The molecule has 0 amide bonds. The maximum Gasteiger partial charge on any atom is 0.193 e. The van der Waals surface area contributed by atoms with Crippen molar-refractivity contribution in [1.82, 2.24) is 10.6 Å². The number of ether oxygens (including phenoxy) is 2. The molecule has 4 aliphatic rings. The summed E-state index contributed by atoms with van der Waals surface area (Å²) in [4.78, 5) is 47.1. The average Bonchev–Trinajstić information content (AvgIpc) is 3.36. The van der Waals surface area contributed by atoms with Crippen LogP contribution >= 0.6 is 0 Å². The van der Waals surface area contributed by atoms with E-state index in [-0.39, 0.29) is 30.2 Å². The second-order valence-corrected chi connectivity index (χ2v) is 16.4. The first-order valence-electron chi connectivity index (χ1n) is 21.6. The van der Waals surface area contributed by atoms with E-state index < -0.39 is 35.9 Å². The third-order valence-corrected chi connectivity index (χ3v) is 12.9. The highest BCUT2D eigenvalue weighted by molar-refractivity contribution is 6.21. The zero-order valence-electron chi connectivity index (χ0n) is 36.0. The number of methoxy groups -OCH3 is 2. The highest BCUT2D eigenvalue weighted by Crippen LogP contribution is 2.58. The number of aliphatic hydroxyl groups excluding tert-OH is 2. The van der Waals surface area contributed by atoms with Gasteiger partial charge >= 0.3 is 0 Å². The molecule has 0 saturated heterocycles. The quantitative estimate of drug-likeness (QED) is 0.0815. The van der Waals surface area contributed by atoms with Crippen LogP contribution in [0.2, 0.25) is 0 Å². The second kappa shape index (κ2) is 19.1. The lowest BCUT2D eigenvalue weighted by Crippen LogP contribution is -2.52. The van der Waals surface area contributed by atoms with Crippen molar-refractivity contribution in [2.24, 2.45) is 22.7 Å². The molecule has 2 aliphatic heterocycles. The molecule has 0 radical (unpaired) electrons. The minimum absolute atomic E-state index is 0.0581. The summed E-state index contributed by atoms with van der Waals surface area (Å²) in [6.45, 7) is -0.791. The third-order valence-electron chi connectivity index (χ3n) is 12.9. The van der Waals surface area contributed by atoms with Crippen LogP contribution in [0.3, 0.4) is 0 Å². The number of carbonyl (C=O) groups is 3. The molecule has 4 unspecified atom stereocenters. The standard InChI is InChI=1S/C55H52N2O7/c1-63-43-21-17-37(18-22-43)45-31-49(41-15-9-27-56-35-41)54(25-29-58,33-47(45)51(60)39-11-5-3-6-12-39)53(62)55(26-30-59)34-48(52(61)40-13-7-4-8-14-40)46(38-19-23-44(64-2)24-20-38)32-50(55)42-16-10-28-57-36-42/h3-14,17-24,27-28,31-36,49-50,56-59H,15-16,25-26,29-30H2,1-2H3. The summed E-state index contributed by atoms with van der Waals surface area (Å²) in [6.07, 6.45) is 19.9. The van der Waals surface area contributed by atoms with Gasteiger partial charge in [0.2, 0.25) is 0 Å². The fourth-order valence-corrected chi connectivity index (χ4v) is 9.73. The SMILES string of the molecule is COc1ccc(C2=CC(C3=CNC=CC3)C(CCO)(C(=O)C3(CCO)C=C(C(=O)c4ccccc4)C(c4ccc(OC)cc4)=CC3C3=CNC=CC3)C=C2C(=O)c2ccccc2)cc1. The van der Waals surface area contributed by atoms with Gasteiger partial charge in [0.25, 0.3) is 0 Å². The predicted molar refractivity (Wildman–Crippen MR) is 250 cm³/mol. The molecule has 324 valence electrons. The zero-order chi connectivity index (χ0) is 44.7. The summed E-state index contributed by atoms with van der Waals surface area (Å²) < 4.78 is 11.0. The molecule has 2 heterocycles. The van der Waals surface area contributed by atoms with Crippen LogP contribution in [0.4, 0.5) is 0 Å². The van der Waals surface area contributed by atoms with Crippen molar-refractivity contribution in [2.45, 2.75) is 25.7 Å². The van der Waals surface area contributed by atoms with Crippen LogP contribution in [0.25, 0.3) is 11.1 Å². The van der Waals surface area contributed by atoms with Crippen LogP contribution in [0.15, 0.2) is 193 Å². The molecule has 0 fully saturated rings. The molecule has 0 saturated carbocycles. The van der Waals surface area contributed by atoms with E-state index >= 15 is 14.4 Å². The molecule has 0 bridgehead atoms. The lowest BCUT2D eigenvalue weighted by molar-refractivity contribution is -0.139. The van der Waals surface area contributed by atoms with Gasteiger partial charge in [-0.3, -0.25) is 14.4 Å². The number of rotatable bonds is 16. The van der Waals surface area contributed by atoms with Crippen molar-refractivity contribution in [3.05, 3.63) is 215 Å². The number of benzene rings is 4. The van der Waals surface area contributed by atoms with E-state index in [1.807, 2.05) is 110 Å². The molecule has 4 aromatic rings. The van der Waals surface area contributed by atoms with E-state index in [0.717, 1.165) is 22.3 Å². The van der Waals surface area contributed by atoms with Gasteiger partial charge in [0.1, 0.15) is 11.5 Å². The molecular formula is C55H52N2O7. The molecule has 4 atom stereocenters. The number of carbonyl (C=O) groups excluding carboxylic acids is 3. The maximum absolute atomic E-state index is 17.0. The number of hydrogen-bond acceptors (Lipinski definition) is 9. The lowest BCUT2D eigenvalue weighted by Gasteiger charge is -2.50. The Labute approximate surface area is 374 Å². The van der Waals surface area contributed by atoms with Crippen molar-refractivity contribution in [3.8, 4) is 11.5 Å². The van der Waals surface area contributed by atoms with E-state index in [9.17, 15) is 10.2 Å². The summed E-state index contributed by atoms with van der Waals surface area (Å²) in [5.41, 5.74) is 2.85. The molecule has 2 aliphatic carbocycles. The largest absolute Gasteiger partial charge is 0.497 e. The Morgan fingerprint density at radius 1 is 0.578 bits per heavy atom. The van der Waals surface area contributed by atoms with Crippen molar-refractivity contribution in [1.29, 1.82) is 0 Å². The van der Waals surface area contributed by atoms with Crippen LogP contribution in [0.1, 0.15) is 57.5 Å². The van der Waals surface area contributed by atoms with Crippen molar-refractivity contribution >= 4 is 28.5 Å². The van der Waals surface area contributed by atoms with E-state index in [1.54, 1.807) is 74.9 Å². The van der Waals surface area contributed by atoms with Crippen LogP contribution in [-0.4, -0.2) is 55.0 Å². The maximum atomic E-state index is 17.0. The molecule has 0 spiro atoms. The first-order valence-corrected chi connectivity index (χ1v) is 21.6. The normalized spacial score (nSPS) is 22.6. The van der Waals surface area contributed by atoms with E-state index in [4.69, 9.17) is 9.47 Å². The first kappa shape index (κ1) is 43.6. The molecule has 0 aromatic heterocycles. The minimum atomic E-state index is -1.57. The Morgan fingerprint density at radius 3 is 1.30 bits per heavy atom. The summed E-state index contributed by atoms with van der Waals surface area (Å²) in [7, 11) is 3.19. The van der Waals surface area contributed by atoms with Gasteiger partial charge in [-0.25, -0.2) is 0 Å². The fourth-order valence-electron chi connectivity index (χ4n) is 9.73. The number of nitrogens with one attached hydrogen (secondary N) is 2. The van der Waals surface area contributed by atoms with Crippen LogP contribution in [-0.2, 0) is 4.79 Å².